The van der Waals surface area contributed by atoms with E-state index >= 15 is 0 Å². The van der Waals surface area contributed by atoms with Crippen molar-refractivity contribution in [1.29, 1.82) is 0 Å². The molecule has 0 amide bonds. The second kappa shape index (κ2) is 2.23. The van der Waals surface area contributed by atoms with Crippen molar-refractivity contribution >= 4 is 0 Å². The van der Waals surface area contributed by atoms with Gasteiger partial charge in [0.15, 0.2) is 0 Å². The van der Waals surface area contributed by atoms with Crippen LogP contribution in [0.5, 0.6) is 0 Å². The van der Waals surface area contributed by atoms with Gasteiger partial charge in [0.25, 0.3) is 0 Å². The van der Waals surface area contributed by atoms with Crippen molar-refractivity contribution in [3.8, 4) is 0 Å². The number of aromatic nitrogens is 3. The van der Waals surface area contributed by atoms with Crippen LogP contribution >= 0.6 is 0 Å². The molecule has 1 rings (SSSR count). The molecule has 0 unspecified atom stereocenters. The number of nitrogens with zero attached hydrogens (tertiary/aromatic N) is 3. The van der Waals surface area contributed by atoms with Gasteiger partial charge in [0, 0.05) is 0 Å². The molecule has 6 nitrogen and oxygen atoms in total. The van der Waals surface area contributed by atoms with Crippen LogP contribution in [0.15, 0.2) is 17.4 Å². The normalized spacial score (nSPS) is 9.00. The first kappa shape index (κ1) is 5.70. The third-order valence-corrected chi connectivity index (χ3v) is 0.762. The molecule has 0 aliphatic carbocycles. The predicted octanol–water partition coefficient (Wildman–Crippen LogP) is -1.94. The third kappa shape index (κ3) is 1.03. The minimum absolute atomic E-state index is 0.479. The van der Waals surface area contributed by atoms with E-state index in [1.807, 2.05) is 0 Å². The maximum atomic E-state index is 10.5. The Kier molecular flexibility index (Phi) is 1.41. The molecule has 48 valence electrons. The molecule has 1 heterocycles. The van der Waals surface area contributed by atoms with Crippen LogP contribution in [0.1, 0.15) is 0 Å². The molecule has 1 aromatic rings. The zero-order chi connectivity index (χ0) is 6.69. The van der Waals surface area contributed by atoms with Crippen LogP contribution in [-0.2, 0) is 0 Å². The van der Waals surface area contributed by atoms with Gasteiger partial charge < -0.3 is 0 Å². The van der Waals surface area contributed by atoms with Crippen LogP contribution in [0.3, 0.4) is 0 Å². The monoisotopic (exact) mass is 127 g/mol. The van der Waals surface area contributed by atoms with Crippen molar-refractivity contribution in [3.63, 3.8) is 0 Å². The van der Waals surface area contributed by atoms with E-state index in [-0.39, 0.29) is 0 Å². The molecule has 0 bridgehead atoms. The van der Waals surface area contributed by atoms with E-state index in [1.165, 1.54) is 6.33 Å². The van der Waals surface area contributed by atoms with E-state index < -0.39 is 5.69 Å². The average molecular weight is 127 g/mol. The van der Waals surface area contributed by atoms with Crippen LogP contribution in [0.2, 0.25) is 0 Å². The lowest BCUT2D eigenvalue weighted by atomic mass is 11.0. The van der Waals surface area contributed by atoms with Crippen molar-refractivity contribution in [2.75, 3.05) is 5.53 Å². The topological polar surface area (TPSA) is 85.8 Å². The van der Waals surface area contributed by atoms with Crippen LogP contribution in [0, 0.1) is 0 Å². The lowest BCUT2D eigenvalue weighted by Crippen LogP contribution is -2.34. The molecular formula is C3H5N5O. The molecule has 0 aliphatic rings. The van der Waals surface area contributed by atoms with E-state index in [2.05, 4.69) is 15.5 Å². The van der Waals surface area contributed by atoms with Gasteiger partial charge in [-0.2, -0.15) is 9.66 Å². The minimum atomic E-state index is -0.479. The van der Waals surface area contributed by atoms with Crippen LogP contribution in [-0.4, -0.2) is 14.6 Å². The first-order chi connectivity index (χ1) is 4.34. The van der Waals surface area contributed by atoms with Gasteiger partial charge in [0.05, 0.1) is 0 Å². The summed E-state index contributed by atoms with van der Waals surface area (Å²) < 4.78 is 0.958. The Hall–Kier alpha value is -1.43. The standard InChI is InChI=1S/C3H5N5O/c4-7-8-2-5-1-6-3(8)9/h1-2,7H,4H2. The van der Waals surface area contributed by atoms with E-state index in [9.17, 15) is 4.79 Å². The first-order valence-electron chi connectivity index (χ1n) is 2.20. The molecule has 0 aromatic carbocycles. The molecule has 0 spiro atoms. The zero-order valence-electron chi connectivity index (χ0n) is 4.48. The summed E-state index contributed by atoms with van der Waals surface area (Å²) in [6.07, 6.45) is 2.38. The number of hydrogen-bond donors (Lipinski definition) is 2. The highest BCUT2D eigenvalue weighted by Gasteiger charge is 1.87. The smallest absolute Gasteiger partial charge is 0.256 e. The summed E-state index contributed by atoms with van der Waals surface area (Å²) >= 11 is 0. The molecule has 3 N–H and O–H groups in total. The first-order valence-corrected chi connectivity index (χ1v) is 2.20. The quantitative estimate of drug-likeness (QED) is 0.338. The molecule has 1 aromatic heterocycles. The average Bonchev–Trinajstić information content (AvgIpc) is 1.89. The van der Waals surface area contributed by atoms with Crippen LogP contribution in [0.25, 0.3) is 0 Å². The maximum absolute atomic E-state index is 10.5. The Labute approximate surface area is 50.3 Å². The Morgan fingerprint density at radius 1 is 1.78 bits per heavy atom. The highest BCUT2D eigenvalue weighted by atomic mass is 16.2. The van der Waals surface area contributed by atoms with E-state index in [1.54, 1.807) is 0 Å². The Balaban J connectivity index is 3.16. The zero-order valence-corrected chi connectivity index (χ0v) is 4.48. The van der Waals surface area contributed by atoms with Crippen molar-refractivity contribution < 1.29 is 0 Å². The van der Waals surface area contributed by atoms with E-state index in [0.717, 1.165) is 11.0 Å². The second-order valence-electron chi connectivity index (χ2n) is 1.29. The summed E-state index contributed by atoms with van der Waals surface area (Å²) in [6.45, 7) is 0. The molecular weight excluding hydrogens is 122 g/mol. The van der Waals surface area contributed by atoms with Gasteiger partial charge in [0.2, 0.25) is 0 Å². The molecule has 0 saturated heterocycles. The van der Waals surface area contributed by atoms with Gasteiger partial charge in [-0.1, -0.05) is 0 Å². The van der Waals surface area contributed by atoms with Gasteiger partial charge in [-0.05, 0) is 0 Å². The number of nitrogens with two attached hydrogens (primary N) is 1. The molecule has 0 atom stereocenters. The van der Waals surface area contributed by atoms with Crippen LogP contribution in [0.4, 0.5) is 0 Å². The molecule has 0 aliphatic heterocycles. The van der Waals surface area contributed by atoms with Gasteiger partial charge in [-0.3, -0.25) is 5.53 Å². The fraction of sp³-hybridized carbons (Fsp3) is 0. The Bertz CT molecular complexity index is 242. The lowest BCUT2D eigenvalue weighted by molar-refractivity contribution is 0.758. The number of hydrazine groups is 1. The summed E-state index contributed by atoms with van der Waals surface area (Å²) in [4.78, 5) is 17.3. The summed E-state index contributed by atoms with van der Waals surface area (Å²) in [5.41, 5.74) is 1.60. The van der Waals surface area contributed by atoms with E-state index in [4.69, 9.17) is 5.84 Å². The van der Waals surface area contributed by atoms with Gasteiger partial charge in [-0.25, -0.2) is 15.6 Å². The molecule has 6 heteroatoms. The molecule has 9 heavy (non-hydrogen) atoms. The highest BCUT2D eigenvalue weighted by molar-refractivity contribution is 4.67. The Morgan fingerprint density at radius 3 is 3.00 bits per heavy atom. The highest BCUT2D eigenvalue weighted by Crippen LogP contribution is 1.60. The fourth-order valence-corrected chi connectivity index (χ4v) is 0.379. The largest absolute Gasteiger partial charge is 0.370 e. The van der Waals surface area contributed by atoms with E-state index in [0.29, 0.717) is 0 Å². The summed E-state index contributed by atoms with van der Waals surface area (Å²) in [5, 5.41) is 0. The molecule has 0 radical (unpaired) electrons. The summed E-state index contributed by atoms with van der Waals surface area (Å²) in [6, 6.07) is 0. The molecule has 0 saturated carbocycles. The lowest BCUT2D eigenvalue weighted by Gasteiger charge is -1.97. The fourth-order valence-electron chi connectivity index (χ4n) is 0.379. The number of nitrogens with one attached hydrogen (secondary N) is 1. The van der Waals surface area contributed by atoms with Gasteiger partial charge in [0.1, 0.15) is 12.7 Å². The van der Waals surface area contributed by atoms with Gasteiger partial charge in [-0.15, -0.1) is 0 Å². The van der Waals surface area contributed by atoms with Gasteiger partial charge >= 0.3 is 5.69 Å². The van der Waals surface area contributed by atoms with Crippen molar-refractivity contribution in [1.82, 2.24) is 14.6 Å². The SMILES string of the molecule is NNn1cncnc1=O. The second-order valence-corrected chi connectivity index (χ2v) is 1.29. The minimum Gasteiger partial charge on any atom is -0.256 e. The summed E-state index contributed by atoms with van der Waals surface area (Å²) in [7, 11) is 0. The van der Waals surface area contributed by atoms with Crippen LogP contribution < -0.4 is 17.1 Å². The number of rotatable bonds is 1. The number of hydrogen-bond acceptors (Lipinski definition) is 5. The van der Waals surface area contributed by atoms with Crippen molar-refractivity contribution in [2.45, 2.75) is 0 Å². The predicted molar refractivity (Wildman–Crippen MR) is 29.8 cm³/mol. The molecule has 0 fully saturated rings. The maximum Gasteiger partial charge on any atom is 0.370 e. The van der Waals surface area contributed by atoms with Crippen molar-refractivity contribution in [2.24, 2.45) is 5.84 Å². The third-order valence-electron chi connectivity index (χ3n) is 0.762. The Morgan fingerprint density at radius 2 is 2.56 bits per heavy atom. The number of nitrogen functional groups attached to an aromatic ring is 1. The summed E-state index contributed by atoms with van der Waals surface area (Å²) in [5.74, 6) is 4.88. The van der Waals surface area contributed by atoms with Crippen molar-refractivity contribution in [3.05, 3.63) is 23.1 Å².